The first-order valence-corrected chi connectivity index (χ1v) is 13.7. The van der Waals surface area contributed by atoms with Crippen molar-refractivity contribution in [3.63, 3.8) is 0 Å². The molecule has 0 saturated carbocycles. The summed E-state index contributed by atoms with van der Waals surface area (Å²) < 4.78 is 3.08. The van der Waals surface area contributed by atoms with E-state index in [1.807, 2.05) is 75.4 Å². The van der Waals surface area contributed by atoms with Crippen LogP contribution in [0.25, 0.3) is 22.1 Å². The van der Waals surface area contributed by atoms with Crippen LogP contribution in [0.2, 0.25) is 0 Å². The number of amides is 1. The third kappa shape index (κ3) is 4.73. The van der Waals surface area contributed by atoms with E-state index in [0.29, 0.717) is 28.0 Å². The number of carbonyl (C=O) groups is 1. The minimum atomic E-state index is -0.574. The number of aromatic nitrogens is 5. The summed E-state index contributed by atoms with van der Waals surface area (Å²) in [4.78, 5) is 37.3. The van der Waals surface area contributed by atoms with Gasteiger partial charge in [0.2, 0.25) is 0 Å². The van der Waals surface area contributed by atoms with Crippen LogP contribution in [0.3, 0.4) is 0 Å². The molecule has 4 heterocycles. The fourth-order valence-corrected chi connectivity index (χ4v) is 5.66. The maximum absolute atomic E-state index is 14.2. The van der Waals surface area contributed by atoms with E-state index in [9.17, 15) is 9.59 Å². The van der Waals surface area contributed by atoms with Crippen molar-refractivity contribution in [2.45, 2.75) is 26.8 Å². The zero-order valence-electron chi connectivity index (χ0n) is 22.5. The SMILES string of the molecule is Cc1nc(C)c(C#Cc2cccc3cc(C(C)NC(=O)c4c(N)nn5cccnc45)n(-c4ccccc4)c(=O)c23)s1. The number of nitrogen functional groups attached to an aromatic ring is 1. The average molecular weight is 560 g/mol. The van der Waals surface area contributed by atoms with Gasteiger partial charge < -0.3 is 11.1 Å². The smallest absolute Gasteiger partial charge is 0.264 e. The molecule has 0 bridgehead atoms. The molecule has 10 heteroatoms. The van der Waals surface area contributed by atoms with E-state index in [1.165, 1.54) is 15.9 Å². The van der Waals surface area contributed by atoms with Crippen LogP contribution >= 0.6 is 11.3 Å². The summed E-state index contributed by atoms with van der Waals surface area (Å²) in [5, 5.41) is 9.35. The minimum absolute atomic E-state index is 0.0712. The number of benzene rings is 2. The number of rotatable bonds is 4. The van der Waals surface area contributed by atoms with Crippen molar-refractivity contribution >= 4 is 39.5 Å². The lowest BCUT2D eigenvalue weighted by Crippen LogP contribution is -2.32. The van der Waals surface area contributed by atoms with Gasteiger partial charge in [-0.15, -0.1) is 16.4 Å². The van der Waals surface area contributed by atoms with Gasteiger partial charge in [0.05, 0.1) is 22.1 Å². The predicted molar refractivity (Wildman–Crippen MR) is 160 cm³/mol. The second-order valence-corrected chi connectivity index (χ2v) is 10.8. The molecule has 2 aromatic carbocycles. The molecule has 1 atom stereocenters. The van der Waals surface area contributed by atoms with E-state index in [1.54, 1.807) is 23.0 Å². The zero-order valence-corrected chi connectivity index (χ0v) is 23.4. The van der Waals surface area contributed by atoms with Gasteiger partial charge >= 0.3 is 0 Å². The standard InChI is InChI=1S/C31H25N7O2S/c1-18(35-30(39)27-28(32)36-37-16-8-15-33-29(27)37)24-17-22-10-7-9-21(13-14-25-19(2)34-20(3)41-25)26(22)31(40)38(24)23-11-5-4-6-12-23/h4-12,15-18H,1-3H3,(H2,32,36)(H,35,39). The maximum Gasteiger partial charge on any atom is 0.264 e. The average Bonchev–Trinajstić information content (AvgIpc) is 3.48. The van der Waals surface area contributed by atoms with Gasteiger partial charge in [-0.05, 0) is 62.4 Å². The Balaban J connectivity index is 1.48. The first kappa shape index (κ1) is 26.0. The molecule has 6 rings (SSSR count). The number of aryl methyl sites for hydroxylation is 2. The predicted octanol–water partition coefficient (Wildman–Crippen LogP) is 4.58. The molecule has 1 amide bonds. The number of anilines is 1. The fraction of sp³-hybridized carbons (Fsp3) is 0.129. The fourth-order valence-electron chi connectivity index (χ4n) is 4.88. The first-order valence-electron chi connectivity index (χ1n) is 12.9. The van der Waals surface area contributed by atoms with Gasteiger partial charge in [0.1, 0.15) is 10.4 Å². The minimum Gasteiger partial charge on any atom is -0.381 e. The van der Waals surface area contributed by atoms with Crippen molar-refractivity contribution in [2.75, 3.05) is 5.73 Å². The number of fused-ring (bicyclic) bond motifs is 2. The lowest BCUT2D eigenvalue weighted by molar-refractivity contribution is 0.0941. The van der Waals surface area contributed by atoms with Crippen LogP contribution in [0.5, 0.6) is 0 Å². The Hall–Kier alpha value is -5.27. The second-order valence-electron chi connectivity index (χ2n) is 9.56. The maximum atomic E-state index is 14.2. The number of hydrogen-bond acceptors (Lipinski definition) is 7. The van der Waals surface area contributed by atoms with Crippen LogP contribution in [-0.2, 0) is 0 Å². The number of pyridine rings is 1. The monoisotopic (exact) mass is 559 g/mol. The molecule has 0 aliphatic heterocycles. The number of para-hydroxylation sites is 1. The summed E-state index contributed by atoms with van der Waals surface area (Å²) in [5.41, 5.74) is 9.14. The number of hydrogen-bond donors (Lipinski definition) is 2. The van der Waals surface area contributed by atoms with E-state index < -0.39 is 11.9 Å². The Bertz CT molecular complexity index is 2080. The summed E-state index contributed by atoms with van der Waals surface area (Å²) in [6.45, 7) is 5.70. The molecule has 0 aliphatic rings. The Labute approximate surface area is 239 Å². The van der Waals surface area contributed by atoms with Crippen molar-refractivity contribution in [2.24, 2.45) is 0 Å². The number of thiazole rings is 1. The third-order valence-electron chi connectivity index (χ3n) is 6.74. The zero-order chi connectivity index (χ0) is 28.7. The molecule has 9 nitrogen and oxygen atoms in total. The molecule has 202 valence electrons. The highest BCUT2D eigenvalue weighted by Gasteiger charge is 2.24. The highest BCUT2D eigenvalue weighted by Crippen LogP contribution is 2.25. The molecule has 0 radical (unpaired) electrons. The summed E-state index contributed by atoms with van der Waals surface area (Å²) >= 11 is 1.53. The molecule has 6 aromatic rings. The highest BCUT2D eigenvalue weighted by atomic mass is 32.1. The Kier molecular flexibility index (Phi) is 6.57. The van der Waals surface area contributed by atoms with E-state index in [4.69, 9.17) is 5.73 Å². The van der Waals surface area contributed by atoms with Crippen LogP contribution < -0.4 is 16.6 Å². The highest BCUT2D eigenvalue weighted by molar-refractivity contribution is 7.12. The molecule has 3 N–H and O–H groups in total. The summed E-state index contributed by atoms with van der Waals surface area (Å²) in [5.74, 6) is 6.04. The van der Waals surface area contributed by atoms with Gasteiger partial charge in [-0.1, -0.05) is 36.3 Å². The number of nitrogens with two attached hydrogens (primary N) is 1. The molecule has 1 unspecified atom stereocenters. The van der Waals surface area contributed by atoms with Gasteiger partial charge in [0.15, 0.2) is 11.5 Å². The van der Waals surface area contributed by atoms with Gasteiger partial charge in [-0.3, -0.25) is 14.2 Å². The van der Waals surface area contributed by atoms with Gasteiger partial charge in [0.25, 0.3) is 11.5 Å². The molecule has 0 fully saturated rings. The van der Waals surface area contributed by atoms with Crippen LogP contribution in [0.4, 0.5) is 5.82 Å². The van der Waals surface area contributed by atoms with Crippen LogP contribution in [0.1, 0.15) is 50.2 Å². The Morgan fingerprint density at radius 2 is 1.88 bits per heavy atom. The second kappa shape index (κ2) is 10.4. The molecular formula is C31H25N7O2S. The van der Waals surface area contributed by atoms with E-state index in [0.717, 1.165) is 21.0 Å². The molecule has 0 aliphatic carbocycles. The lowest BCUT2D eigenvalue weighted by Gasteiger charge is -2.21. The third-order valence-corrected chi connectivity index (χ3v) is 7.73. The van der Waals surface area contributed by atoms with Crippen molar-refractivity contribution in [3.05, 3.63) is 116 Å². The number of nitrogens with one attached hydrogen (secondary N) is 1. The van der Waals surface area contributed by atoms with Crippen molar-refractivity contribution in [3.8, 4) is 17.5 Å². The van der Waals surface area contributed by atoms with E-state index >= 15 is 0 Å². The van der Waals surface area contributed by atoms with Gasteiger partial charge in [0, 0.05) is 29.3 Å². The first-order chi connectivity index (χ1) is 19.8. The Morgan fingerprint density at radius 1 is 1.07 bits per heavy atom. The van der Waals surface area contributed by atoms with Gasteiger partial charge in [-0.2, -0.15) is 0 Å². The topological polar surface area (TPSA) is 120 Å². The molecular weight excluding hydrogens is 534 g/mol. The van der Waals surface area contributed by atoms with Crippen LogP contribution in [-0.4, -0.2) is 30.1 Å². The summed E-state index contributed by atoms with van der Waals surface area (Å²) in [6, 6.07) is 18.0. The lowest BCUT2D eigenvalue weighted by atomic mass is 10.0. The quantitative estimate of drug-likeness (QED) is 0.305. The molecule has 41 heavy (non-hydrogen) atoms. The number of nitrogens with zero attached hydrogens (tertiary/aromatic N) is 5. The van der Waals surface area contributed by atoms with E-state index in [-0.39, 0.29) is 16.9 Å². The molecule has 0 spiro atoms. The number of carbonyl (C=O) groups excluding carboxylic acids is 1. The van der Waals surface area contributed by atoms with Crippen molar-refractivity contribution < 1.29 is 4.79 Å². The van der Waals surface area contributed by atoms with Crippen LogP contribution in [0, 0.1) is 25.7 Å². The van der Waals surface area contributed by atoms with Crippen molar-refractivity contribution in [1.82, 2.24) is 29.5 Å². The van der Waals surface area contributed by atoms with E-state index in [2.05, 4.69) is 32.2 Å². The normalized spacial score (nSPS) is 11.8. The van der Waals surface area contributed by atoms with Crippen molar-refractivity contribution in [1.29, 1.82) is 0 Å². The summed E-state index contributed by atoms with van der Waals surface area (Å²) in [7, 11) is 0. The van der Waals surface area contributed by atoms with Crippen LogP contribution in [0.15, 0.2) is 77.9 Å². The molecule has 0 saturated heterocycles. The summed E-state index contributed by atoms with van der Waals surface area (Å²) in [6.07, 6.45) is 3.25. The molecule has 4 aromatic heterocycles. The largest absolute Gasteiger partial charge is 0.381 e. The van der Waals surface area contributed by atoms with Gasteiger partial charge in [-0.25, -0.2) is 14.5 Å². The Morgan fingerprint density at radius 3 is 2.63 bits per heavy atom.